The molecular formula is C42H74N16O14. The van der Waals surface area contributed by atoms with Crippen molar-refractivity contribution < 1.29 is 68.1 Å². The molecule has 0 saturated carbocycles. The number of guanidine groups is 2. The number of carboxylic acids is 2. The van der Waals surface area contributed by atoms with Crippen LogP contribution in [0.3, 0.4) is 0 Å². The van der Waals surface area contributed by atoms with Gasteiger partial charge in [0, 0.05) is 19.6 Å². The number of aliphatic hydroxyl groups excluding tert-OH is 1. The standard InChI is InChI=1S/C42H74N16O14/c1-19(2)16-26(37(68)57-31(23(6)59)40(71)72)53-29(60)18-50-35(66)24(10-7-13-48-41(44)45)54-36(67)27(17-30(61)62)56-34(65)22(5)51-33(64)21(4)52-38(69)28-12-9-15-58(28)39(70)25(55-32(63)20(3)43)11-8-14-49-42(46)47/h19-28,31,59H,7-18,43H2,1-6H3,(H,50,66)(H,51,64)(H,52,69)(H,53,60)(H,54,67)(H,55,63)(H,56,65)(H,57,68)(H,61,62)(H,71,72)(H4,44,45,48)(H4,46,47,49)/t20-,21-,22-,23+,24-,25-,26-,27-,28-,31-/m0/s1. The Morgan fingerprint density at radius 3 is 1.65 bits per heavy atom. The van der Waals surface area contributed by atoms with E-state index in [4.69, 9.17) is 28.7 Å². The third-order valence-electron chi connectivity index (χ3n) is 10.7. The van der Waals surface area contributed by atoms with Gasteiger partial charge in [-0.3, -0.25) is 57.9 Å². The molecule has 1 aliphatic rings. The highest BCUT2D eigenvalue weighted by molar-refractivity contribution is 5.98. The lowest BCUT2D eigenvalue weighted by Gasteiger charge is -2.30. The van der Waals surface area contributed by atoms with Crippen LogP contribution in [0.25, 0.3) is 0 Å². The number of amides is 9. The second kappa shape index (κ2) is 31.1. The van der Waals surface area contributed by atoms with Gasteiger partial charge in [0.2, 0.25) is 53.2 Å². The molecule has 0 radical (unpaired) electrons. The van der Waals surface area contributed by atoms with Gasteiger partial charge < -0.3 is 91.4 Å². The average Bonchev–Trinajstić information content (AvgIpc) is 3.78. The molecule has 30 nitrogen and oxygen atoms in total. The Hall–Kier alpha value is -7.37. The highest BCUT2D eigenvalue weighted by atomic mass is 16.4. The molecule has 406 valence electrons. The summed E-state index contributed by atoms with van der Waals surface area (Å²) in [5, 5.41) is 47.7. The second-order valence-electron chi connectivity index (χ2n) is 17.7. The average molecular weight is 1030 g/mol. The minimum Gasteiger partial charge on any atom is -0.481 e. The number of nitrogens with one attached hydrogen (secondary N) is 8. The Labute approximate surface area is 416 Å². The number of hydrogen-bond donors (Lipinski definition) is 16. The van der Waals surface area contributed by atoms with Crippen LogP contribution in [0, 0.1) is 5.92 Å². The van der Waals surface area contributed by atoms with Crippen LogP contribution in [0.2, 0.25) is 0 Å². The Morgan fingerprint density at radius 2 is 1.14 bits per heavy atom. The van der Waals surface area contributed by atoms with Crippen molar-refractivity contribution in [3.63, 3.8) is 0 Å². The highest BCUT2D eigenvalue weighted by Crippen LogP contribution is 2.20. The Morgan fingerprint density at radius 1 is 0.625 bits per heavy atom. The molecule has 1 heterocycles. The summed E-state index contributed by atoms with van der Waals surface area (Å²) in [5.74, 6) is -11.5. The Balaban J connectivity index is 3.11. The van der Waals surface area contributed by atoms with E-state index in [1.54, 1.807) is 13.8 Å². The fourth-order valence-electron chi connectivity index (χ4n) is 6.95. The number of rotatable bonds is 31. The molecule has 0 bridgehead atoms. The number of nitrogens with zero attached hydrogens (tertiary/aromatic N) is 3. The predicted molar refractivity (Wildman–Crippen MR) is 257 cm³/mol. The summed E-state index contributed by atoms with van der Waals surface area (Å²) in [7, 11) is 0. The summed E-state index contributed by atoms with van der Waals surface area (Å²) in [5.41, 5.74) is 27.2. The number of aliphatic hydroxyl groups is 1. The zero-order chi connectivity index (χ0) is 55.0. The maximum atomic E-state index is 13.7. The summed E-state index contributed by atoms with van der Waals surface area (Å²) in [6.07, 6.45) is -1.54. The monoisotopic (exact) mass is 1030 g/mol. The van der Waals surface area contributed by atoms with E-state index in [0.717, 1.165) is 6.92 Å². The first-order valence-corrected chi connectivity index (χ1v) is 23.2. The van der Waals surface area contributed by atoms with Crippen molar-refractivity contribution in [1.29, 1.82) is 0 Å². The minimum absolute atomic E-state index is 0.0296. The van der Waals surface area contributed by atoms with Crippen molar-refractivity contribution in [2.45, 2.75) is 153 Å². The Bertz CT molecular complexity index is 1990. The lowest BCUT2D eigenvalue weighted by Crippen LogP contribution is -2.59. The van der Waals surface area contributed by atoms with E-state index >= 15 is 0 Å². The third kappa shape index (κ3) is 23.0. The number of carbonyl (C=O) groups excluding carboxylic acids is 9. The quantitative estimate of drug-likeness (QED) is 0.0174. The SMILES string of the molecule is CC(C)C[C@H](NC(=O)CNC(=O)[C@H](CCCN=C(N)N)NC(=O)[C@H](CC(=O)O)NC(=O)[C@H](C)NC(=O)[C@H](C)NC(=O)[C@@H]1CCCN1C(=O)[C@H](CCCN=C(N)N)NC(=O)[C@H](C)N)C(=O)N[C@H](C(=O)O)[C@@H](C)O. The van der Waals surface area contributed by atoms with Crippen molar-refractivity contribution in [2.75, 3.05) is 26.2 Å². The molecule has 72 heavy (non-hydrogen) atoms. The molecule has 10 atom stereocenters. The van der Waals surface area contributed by atoms with Gasteiger partial charge in [0.25, 0.3) is 0 Å². The maximum Gasteiger partial charge on any atom is 0.328 e. The summed E-state index contributed by atoms with van der Waals surface area (Å²) in [6, 6.07) is -12.1. The van der Waals surface area contributed by atoms with Gasteiger partial charge >= 0.3 is 11.9 Å². The molecule has 21 N–H and O–H groups in total. The number of aliphatic imine (C=N–C) groups is 2. The van der Waals surface area contributed by atoms with E-state index in [1.165, 1.54) is 25.7 Å². The van der Waals surface area contributed by atoms with E-state index in [2.05, 4.69) is 52.5 Å². The summed E-state index contributed by atoms with van der Waals surface area (Å²) in [6.45, 7) is 8.05. The molecule has 1 aliphatic heterocycles. The van der Waals surface area contributed by atoms with Gasteiger partial charge in [-0.05, 0) is 78.6 Å². The van der Waals surface area contributed by atoms with Gasteiger partial charge in [-0.15, -0.1) is 0 Å². The number of nitrogens with two attached hydrogens (primary N) is 5. The first kappa shape index (κ1) is 62.6. The maximum absolute atomic E-state index is 13.7. The van der Waals surface area contributed by atoms with E-state index < -0.39 is 139 Å². The van der Waals surface area contributed by atoms with E-state index in [9.17, 15) is 68.1 Å². The van der Waals surface area contributed by atoms with Crippen LogP contribution < -0.4 is 71.2 Å². The summed E-state index contributed by atoms with van der Waals surface area (Å²) < 4.78 is 0. The molecule has 0 aliphatic carbocycles. The van der Waals surface area contributed by atoms with Crippen LogP contribution in [-0.4, -0.2) is 184 Å². The third-order valence-corrected chi connectivity index (χ3v) is 10.7. The zero-order valence-corrected chi connectivity index (χ0v) is 41.4. The fourth-order valence-corrected chi connectivity index (χ4v) is 6.95. The molecule has 0 unspecified atom stereocenters. The molecule has 9 amide bonds. The van der Waals surface area contributed by atoms with Crippen LogP contribution in [0.1, 0.15) is 92.9 Å². The fraction of sp³-hybridized carbons (Fsp3) is 0.690. The van der Waals surface area contributed by atoms with Crippen molar-refractivity contribution in [2.24, 2.45) is 44.6 Å². The molecule has 0 aromatic heterocycles. The van der Waals surface area contributed by atoms with Crippen LogP contribution >= 0.6 is 0 Å². The van der Waals surface area contributed by atoms with E-state index in [0.29, 0.717) is 12.8 Å². The molecule has 1 fully saturated rings. The molecule has 0 spiro atoms. The Kier molecular flexibility index (Phi) is 27.0. The van der Waals surface area contributed by atoms with Crippen LogP contribution in [0.15, 0.2) is 9.98 Å². The largest absolute Gasteiger partial charge is 0.481 e. The molecule has 30 heteroatoms. The normalized spacial score (nSPS) is 16.8. The number of likely N-dealkylation sites (tertiary alicyclic amines) is 1. The topological polar surface area (TPSA) is 503 Å². The predicted octanol–water partition coefficient (Wildman–Crippen LogP) is -7.03. The second-order valence-corrected chi connectivity index (χ2v) is 17.7. The highest BCUT2D eigenvalue weighted by Gasteiger charge is 2.39. The minimum atomic E-state index is -1.84. The van der Waals surface area contributed by atoms with Crippen molar-refractivity contribution in [3.8, 4) is 0 Å². The number of carboxylic acid groups (broad SMARTS) is 2. The van der Waals surface area contributed by atoms with Gasteiger partial charge in [0.1, 0.15) is 42.3 Å². The molecule has 1 rings (SSSR count). The van der Waals surface area contributed by atoms with Crippen molar-refractivity contribution >= 4 is 77.0 Å². The first-order valence-electron chi connectivity index (χ1n) is 23.2. The van der Waals surface area contributed by atoms with E-state index in [1.807, 2.05) is 0 Å². The van der Waals surface area contributed by atoms with Crippen molar-refractivity contribution in [3.05, 3.63) is 0 Å². The van der Waals surface area contributed by atoms with Gasteiger partial charge in [-0.1, -0.05) is 13.8 Å². The number of hydrogen-bond acceptors (Lipinski definition) is 15. The van der Waals surface area contributed by atoms with Crippen LogP contribution in [0.4, 0.5) is 0 Å². The van der Waals surface area contributed by atoms with Crippen LogP contribution in [0.5, 0.6) is 0 Å². The molecule has 0 aromatic carbocycles. The number of aliphatic carboxylic acids is 2. The van der Waals surface area contributed by atoms with Gasteiger partial charge in [-0.2, -0.15) is 0 Å². The number of carbonyl (C=O) groups is 11. The smallest absolute Gasteiger partial charge is 0.328 e. The molecular weight excluding hydrogens is 953 g/mol. The zero-order valence-electron chi connectivity index (χ0n) is 41.4. The summed E-state index contributed by atoms with van der Waals surface area (Å²) >= 11 is 0. The molecule has 1 saturated heterocycles. The lowest BCUT2D eigenvalue weighted by molar-refractivity contribution is -0.145. The van der Waals surface area contributed by atoms with E-state index in [-0.39, 0.29) is 69.6 Å². The molecule has 0 aromatic rings. The first-order chi connectivity index (χ1) is 33.5. The summed E-state index contributed by atoms with van der Waals surface area (Å²) in [4.78, 5) is 152. The van der Waals surface area contributed by atoms with Gasteiger partial charge in [0.05, 0.1) is 25.1 Å². The van der Waals surface area contributed by atoms with Gasteiger partial charge in [-0.25, -0.2) is 4.79 Å². The van der Waals surface area contributed by atoms with Crippen LogP contribution in [-0.2, 0) is 52.7 Å². The van der Waals surface area contributed by atoms with Gasteiger partial charge in [0.15, 0.2) is 18.0 Å². The lowest BCUT2D eigenvalue weighted by atomic mass is 10.0. The van der Waals surface area contributed by atoms with Crippen molar-refractivity contribution in [1.82, 2.24) is 47.4 Å².